The molecule has 0 spiro atoms. The average Bonchev–Trinajstić information content (AvgIpc) is 2.83. The molecule has 38 heavy (non-hydrogen) atoms. The number of ketones is 2. The first-order valence-corrected chi connectivity index (χ1v) is 12.5. The molecule has 9 heteroatoms. The van der Waals surface area contributed by atoms with Crippen LogP contribution in [0, 0.1) is 17.3 Å². The molecular weight excluding hydrogens is 486 g/mol. The summed E-state index contributed by atoms with van der Waals surface area (Å²) in [6, 6.07) is 9.61. The molecule has 3 atom stereocenters. The van der Waals surface area contributed by atoms with Crippen LogP contribution in [-0.2, 0) is 22.6 Å². The van der Waals surface area contributed by atoms with E-state index in [-0.39, 0.29) is 29.9 Å². The van der Waals surface area contributed by atoms with E-state index < -0.39 is 51.8 Å². The van der Waals surface area contributed by atoms with Gasteiger partial charge < -0.3 is 31.7 Å². The van der Waals surface area contributed by atoms with Gasteiger partial charge in [0.2, 0.25) is 0 Å². The van der Waals surface area contributed by atoms with E-state index in [1.807, 2.05) is 43.3 Å². The Labute approximate surface area is 220 Å². The van der Waals surface area contributed by atoms with Gasteiger partial charge in [-0.2, -0.15) is 0 Å². The van der Waals surface area contributed by atoms with Crippen LogP contribution in [0.15, 0.2) is 53.0 Å². The molecule has 0 saturated carbocycles. The third-order valence-corrected chi connectivity index (χ3v) is 8.31. The number of amides is 1. The summed E-state index contributed by atoms with van der Waals surface area (Å²) in [6.07, 6.45) is 0.600. The number of aromatic hydroxyl groups is 1. The van der Waals surface area contributed by atoms with Crippen LogP contribution in [0.25, 0.3) is 11.1 Å². The summed E-state index contributed by atoms with van der Waals surface area (Å²) in [5.74, 6) is -5.17. The van der Waals surface area contributed by atoms with E-state index in [0.717, 1.165) is 16.8 Å². The van der Waals surface area contributed by atoms with Gasteiger partial charge in [-0.25, -0.2) is 0 Å². The van der Waals surface area contributed by atoms with E-state index in [9.17, 15) is 29.7 Å². The fraction of sp³-hybridized carbons (Fsp3) is 0.345. The molecule has 3 aliphatic rings. The van der Waals surface area contributed by atoms with Crippen LogP contribution in [0.1, 0.15) is 41.3 Å². The van der Waals surface area contributed by atoms with Crippen LogP contribution in [0.5, 0.6) is 5.75 Å². The molecule has 0 aromatic heterocycles. The standard InChI is InChI=1S/C29H31N3O6/c1-29-10-14-8-18-17(13-4-6-16(7-5-13)32(2)3)9-15(12-30)24(34)21(18)25(35)20(14)26(36)23(29)27(37)22(28(31)38)19(33)11-29/h4-7,9,14,23,33-34,36H,8,10-12,30H2,1-3H3,(H2,31,38). The van der Waals surface area contributed by atoms with Gasteiger partial charge in [-0.05, 0) is 59.1 Å². The van der Waals surface area contributed by atoms with E-state index in [2.05, 4.69) is 0 Å². The fourth-order valence-electron chi connectivity index (χ4n) is 6.55. The molecule has 0 aliphatic heterocycles. The average molecular weight is 518 g/mol. The summed E-state index contributed by atoms with van der Waals surface area (Å²) < 4.78 is 0. The monoisotopic (exact) mass is 517 g/mol. The number of rotatable bonds is 4. The number of nitrogens with zero attached hydrogens (tertiary/aromatic N) is 1. The number of nitrogens with two attached hydrogens (primary N) is 2. The first-order chi connectivity index (χ1) is 17.9. The van der Waals surface area contributed by atoms with Crippen molar-refractivity contribution in [3.05, 3.63) is 69.7 Å². The van der Waals surface area contributed by atoms with Crippen molar-refractivity contribution in [1.29, 1.82) is 0 Å². The van der Waals surface area contributed by atoms with Gasteiger partial charge in [-0.3, -0.25) is 14.4 Å². The summed E-state index contributed by atoms with van der Waals surface area (Å²) in [6.45, 7) is 1.75. The Kier molecular flexibility index (Phi) is 5.87. The topological polar surface area (TPSA) is 167 Å². The number of carbonyl (C=O) groups excluding carboxylic acids is 3. The van der Waals surface area contributed by atoms with E-state index >= 15 is 0 Å². The molecule has 0 heterocycles. The maximum Gasteiger partial charge on any atom is 0.255 e. The van der Waals surface area contributed by atoms with Crippen molar-refractivity contribution in [3.8, 4) is 16.9 Å². The van der Waals surface area contributed by atoms with Crippen molar-refractivity contribution in [3.63, 3.8) is 0 Å². The highest BCUT2D eigenvalue weighted by Gasteiger charge is 2.56. The summed E-state index contributed by atoms with van der Waals surface area (Å²) >= 11 is 0. The van der Waals surface area contributed by atoms with Gasteiger partial charge in [0.25, 0.3) is 5.91 Å². The molecule has 1 amide bonds. The van der Waals surface area contributed by atoms with Gasteiger partial charge in [0.15, 0.2) is 11.6 Å². The second-order valence-electron chi connectivity index (χ2n) is 11.0. The summed E-state index contributed by atoms with van der Waals surface area (Å²) in [5, 5.41) is 32.9. The lowest BCUT2D eigenvalue weighted by molar-refractivity contribution is -0.128. The Morgan fingerprint density at radius 3 is 2.37 bits per heavy atom. The van der Waals surface area contributed by atoms with Crippen molar-refractivity contribution >= 4 is 23.2 Å². The van der Waals surface area contributed by atoms with Gasteiger partial charge in [0.05, 0.1) is 11.5 Å². The predicted molar refractivity (Wildman–Crippen MR) is 142 cm³/mol. The number of carbonyl (C=O) groups is 3. The first-order valence-electron chi connectivity index (χ1n) is 12.5. The van der Waals surface area contributed by atoms with Crippen molar-refractivity contribution in [2.45, 2.75) is 32.7 Å². The second-order valence-corrected chi connectivity index (χ2v) is 11.0. The van der Waals surface area contributed by atoms with Crippen LogP contribution in [0.4, 0.5) is 5.69 Å². The van der Waals surface area contributed by atoms with Crippen LogP contribution in [-0.4, -0.2) is 46.9 Å². The van der Waals surface area contributed by atoms with Gasteiger partial charge >= 0.3 is 0 Å². The third-order valence-electron chi connectivity index (χ3n) is 8.31. The van der Waals surface area contributed by atoms with Gasteiger partial charge in [0.1, 0.15) is 22.8 Å². The summed E-state index contributed by atoms with van der Waals surface area (Å²) in [7, 11) is 3.88. The first kappa shape index (κ1) is 25.5. The molecule has 2 aromatic rings. The number of hydrogen-bond acceptors (Lipinski definition) is 8. The molecular formula is C29H31N3O6. The normalized spacial score (nSPS) is 24.6. The van der Waals surface area contributed by atoms with Crippen molar-refractivity contribution in [1.82, 2.24) is 0 Å². The van der Waals surface area contributed by atoms with Crippen molar-refractivity contribution in [2.24, 2.45) is 28.7 Å². The predicted octanol–water partition coefficient (Wildman–Crippen LogP) is 3.05. The zero-order valence-electron chi connectivity index (χ0n) is 21.5. The number of Topliss-reactive ketones (excluding diaryl/α,β-unsaturated/α-hetero) is 2. The lowest BCUT2D eigenvalue weighted by atomic mass is 9.55. The van der Waals surface area contributed by atoms with E-state index in [1.165, 1.54) is 0 Å². The summed E-state index contributed by atoms with van der Waals surface area (Å²) in [4.78, 5) is 41.1. The molecule has 2 aromatic carbocycles. The molecule has 5 rings (SSSR count). The number of anilines is 1. The highest BCUT2D eigenvalue weighted by atomic mass is 16.3. The zero-order chi connectivity index (χ0) is 27.7. The minimum absolute atomic E-state index is 0.00510. The highest BCUT2D eigenvalue weighted by Crippen LogP contribution is 2.56. The lowest BCUT2D eigenvalue weighted by Gasteiger charge is -2.47. The minimum atomic E-state index is -1.20. The van der Waals surface area contributed by atoms with E-state index in [0.29, 0.717) is 24.0 Å². The minimum Gasteiger partial charge on any atom is -0.511 e. The number of primary amides is 1. The van der Waals surface area contributed by atoms with Crippen LogP contribution in [0.3, 0.4) is 0 Å². The number of phenolic OH excluding ortho intramolecular Hbond substituents is 1. The van der Waals surface area contributed by atoms with Gasteiger partial charge in [-0.15, -0.1) is 0 Å². The summed E-state index contributed by atoms with van der Waals surface area (Å²) in [5.41, 5.74) is 13.6. The Morgan fingerprint density at radius 2 is 1.79 bits per heavy atom. The van der Waals surface area contributed by atoms with Crippen LogP contribution >= 0.6 is 0 Å². The SMILES string of the molecule is CN(C)c1ccc(-c2cc(CN)c(O)c3c2CC2CC4(C)CC(O)=C(C(N)=O)C(=O)C4C(O)=C2C3=O)cc1. The molecule has 9 nitrogen and oxygen atoms in total. The Balaban J connectivity index is 1.69. The molecule has 7 N–H and O–H groups in total. The van der Waals surface area contributed by atoms with Crippen LogP contribution in [0.2, 0.25) is 0 Å². The van der Waals surface area contributed by atoms with Gasteiger partial charge in [0, 0.05) is 43.9 Å². The molecule has 3 aliphatic carbocycles. The number of aliphatic hydroxyl groups excluding tert-OH is 2. The van der Waals surface area contributed by atoms with Gasteiger partial charge in [-0.1, -0.05) is 19.1 Å². The van der Waals surface area contributed by atoms with E-state index in [1.54, 1.807) is 13.0 Å². The molecule has 198 valence electrons. The third kappa shape index (κ3) is 3.60. The highest BCUT2D eigenvalue weighted by molar-refractivity contribution is 6.22. The Hall–Kier alpha value is -4.11. The molecule has 0 bridgehead atoms. The molecule has 0 radical (unpaired) electrons. The number of allylic oxidation sites excluding steroid dienone is 3. The molecule has 0 fully saturated rings. The number of benzene rings is 2. The number of fused-ring (bicyclic) bond motifs is 3. The van der Waals surface area contributed by atoms with Crippen molar-refractivity contribution in [2.75, 3.05) is 19.0 Å². The lowest BCUT2D eigenvalue weighted by Crippen LogP contribution is -2.49. The maximum absolute atomic E-state index is 14.0. The number of hydrogen-bond donors (Lipinski definition) is 5. The quantitative estimate of drug-likeness (QED) is 0.386. The second kappa shape index (κ2) is 8.73. The molecule has 0 saturated heterocycles. The maximum atomic E-state index is 14.0. The zero-order valence-corrected chi connectivity index (χ0v) is 21.5. The Bertz CT molecular complexity index is 1470. The smallest absolute Gasteiger partial charge is 0.255 e. The Morgan fingerprint density at radius 1 is 1.13 bits per heavy atom. The fourth-order valence-corrected chi connectivity index (χ4v) is 6.55. The number of aliphatic hydroxyl groups is 2. The number of phenols is 1. The van der Waals surface area contributed by atoms with E-state index in [4.69, 9.17) is 11.5 Å². The molecule has 3 unspecified atom stereocenters. The van der Waals surface area contributed by atoms with Crippen molar-refractivity contribution < 1.29 is 29.7 Å². The largest absolute Gasteiger partial charge is 0.511 e. The van der Waals surface area contributed by atoms with Crippen LogP contribution < -0.4 is 16.4 Å².